The van der Waals surface area contributed by atoms with Crippen LogP contribution >= 0.6 is 0 Å². The van der Waals surface area contributed by atoms with Crippen molar-refractivity contribution in [2.24, 2.45) is 11.8 Å². The van der Waals surface area contributed by atoms with Crippen molar-refractivity contribution in [3.05, 3.63) is 47.8 Å². The fourth-order valence-electron chi connectivity index (χ4n) is 3.84. The van der Waals surface area contributed by atoms with Crippen LogP contribution in [0.4, 0.5) is 0 Å². The third kappa shape index (κ3) is 5.21. The van der Waals surface area contributed by atoms with Crippen LogP contribution < -0.4 is 0 Å². The van der Waals surface area contributed by atoms with Crippen molar-refractivity contribution >= 4 is 9.84 Å². The average molecular weight is 406 g/mol. The highest BCUT2D eigenvalue weighted by Crippen LogP contribution is 2.23. The van der Waals surface area contributed by atoms with Gasteiger partial charge in [0.25, 0.3) is 0 Å². The van der Waals surface area contributed by atoms with Gasteiger partial charge in [-0.25, -0.2) is 13.4 Å². The van der Waals surface area contributed by atoms with Gasteiger partial charge in [0, 0.05) is 26.7 Å². The fraction of sp³-hybridized carbons (Fsp3) is 0.571. The molecule has 3 rings (SSSR count). The van der Waals surface area contributed by atoms with E-state index in [4.69, 9.17) is 4.74 Å². The number of nitrogens with zero attached hydrogens (tertiary/aromatic N) is 3. The molecule has 0 amide bonds. The molecule has 154 valence electrons. The molecule has 2 aromatic rings. The minimum Gasteiger partial charge on any atom is -0.384 e. The molecule has 1 atom stereocenters. The summed E-state index contributed by atoms with van der Waals surface area (Å²) in [7, 11) is -1.77. The van der Waals surface area contributed by atoms with Gasteiger partial charge in [-0.1, -0.05) is 44.2 Å². The number of hydrogen-bond acceptors (Lipinski definition) is 5. The molecule has 1 aliphatic rings. The van der Waals surface area contributed by atoms with Gasteiger partial charge < -0.3 is 9.30 Å². The van der Waals surface area contributed by atoms with E-state index >= 15 is 0 Å². The molecule has 0 spiro atoms. The molecule has 0 radical (unpaired) electrons. The highest BCUT2D eigenvalue weighted by atomic mass is 32.2. The Balaban J connectivity index is 1.82. The average Bonchev–Trinajstić information content (AvgIpc) is 3.23. The van der Waals surface area contributed by atoms with Crippen molar-refractivity contribution < 1.29 is 13.2 Å². The molecule has 7 heteroatoms. The summed E-state index contributed by atoms with van der Waals surface area (Å²) in [6.45, 7) is 8.33. The second kappa shape index (κ2) is 9.20. The van der Waals surface area contributed by atoms with Gasteiger partial charge in [-0.2, -0.15) is 0 Å². The van der Waals surface area contributed by atoms with Crippen LogP contribution in [0.5, 0.6) is 0 Å². The van der Waals surface area contributed by atoms with Crippen molar-refractivity contribution in [3.63, 3.8) is 0 Å². The van der Waals surface area contributed by atoms with Crippen LogP contribution in [0.1, 0.15) is 31.5 Å². The molecule has 1 fully saturated rings. The van der Waals surface area contributed by atoms with Crippen molar-refractivity contribution in [2.75, 3.05) is 26.8 Å². The quantitative estimate of drug-likeness (QED) is 0.642. The highest BCUT2D eigenvalue weighted by Gasteiger charge is 2.27. The van der Waals surface area contributed by atoms with Gasteiger partial charge in [0.1, 0.15) is 0 Å². The van der Waals surface area contributed by atoms with Crippen molar-refractivity contribution in [1.82, 2.24) is 14.5 Å². The number of imidazole rings is 1. The molecule has 1 aromatic heterocycles. The number of rotatable bonds is 9. The van der Waals surface area contributed by atoms with Crippen molar-refractivity contribution in [3.8, 4) is 0 Å². The number of benzene rings is 1. The summed E-state index contributed by atoms with van der Waals surface area (Å²) >= 11 is 0. The van der Waals surface area contributed by atoms with E-state index in [0.29, 0.717) is 18.4 Å². The molecule has 1 unspecified atom stereocenters. The third-order valence-electron chi connectivity index (χ3n) is 5.08. The molecule has 0 aliphatic carbocycles. The molecule has 1 saturated heterocycles. The summed E-state index contributed by atoms with van der Waals surface area (Å²) in [5.74, 6) is 0.855. The summed E-state index contributed by atoms with van der Waals surface area (Å²) in [4.78, 5) is 6.72. The lowest BCUT2D eigenvalue weighted by Gasteiger charge is -2.19. The first-order chi connectivity index (χ1) is 13.4. The Labute approximate surface area is 168 Å². The third-order valence-corrected chi connectivity index (χ3v) is 6.68. The van der Waals surface area contributed by atoms with Crippen LogP contribution in [0.25, 0.3) is 0 Å². The number of likely N-dealkylation sites (tertiary alicyclic amines) is 1. The van der Waals surface area contributed by atoms with E-state index < -0.39 is 9.84 Å². The summed E-state index contributed by atoms with van der Waals surface area (Å²) < 4.78 is 33.3. The molecule has 1 aliphatic heterocycles. The van der Waals surface area contributed by atoms with Gasteiger partial charge in [-0.15, -0.1) is 0 Å². The summed E-state index contributed by atoms with van der Waals surface area (Å²) in [5.41, 5.74) is 1.75. The molecule has 28 heavy (non-hydrogen) atoms. The van der Waals surface area contributed by atoms with Gasteiger partial charge in [-0.3, -0.25) is 4.90 Å². The van der Waals surface area contributed by atoms with Crippen molar-refractivity contribution in [1.29, 1.82) is 0 Å². The number of hydrogen-bond donors (Lipinski definition) is 0. The molecular formula is C21H31N3O3S. The largest absolute Gasteiger partial charge is 0.384 e. The number of methoxy groups -OCH3 is 1. The van der Waals surface area contributed by atoms with E-state index in [9.17, 15) is 8.42 Å². The normalized spacial score (nSPS) is 18.2. The second-order valence-electron chi connectivity index (χ2n) is 8.13. The fourth-order valence-corrected chi connectivity index (χ4v) is 5.34. The van der Waals surface area contributed by atoms with E-state index in [1.807, 2.05) is 34.9 Å². The highest BCUT2D eigenvalue weighted by molar-refractivity contribution is 7.90. The first kappa shape index (κ1) is 21.0. The van der Waals surface area contributed by atoms with E-state index in [-0.39, 0.29) is 10.9 Å². The maximum Gasteiger partial charge on any atom is 0.228 e. The Hall–Kier alpha value is -1.70. The molecule has 0 bridgehead atoms. The van der Waals surface area contributed by atoms with Crippen LogP contribution in [-0.2, 0) is 33.4 Å². The van der Waals surface area contributed by atoms with Crippen molar-refractivity contribution in [2.45, 2.75) is 44.3 Å². The number of aromatic nitrogens is 2. The number of sulfone groups is 1. The van der Waals surface area contributed by atoms with E-state index in [0.717, 1.165) is 43.9 Å². The minimum atomic E-state index is -3.51. The topological polar surface area (TPSA) is 64.4 Å². The molecule has 0 N–H and O–H groups in total. The lowest BCUT2D eigenvalue weighted by atomic mass is 10.1. The molecule has 2 heterocycles. The Morgan fingerprint density at radius 1 is 1.25 bits per heavy atom. The lowest BCUT2D eigenvalue weighted by molar-refractivity contribution is 0.152. The standard InChI is InChI=1S/C21H31N3O3S/c1-17(2)12-24-20(14-23-10-9-19(13-23)15-27-3)11-22-21(24)28(25,26)16-18-7-5-4-6-8-18/h4-8,11,17,19H,9-10,12-16H2,1-3H3. The van der Waals surface area contributed by atoms with Crippen LogP contribution in [0.2, 0.25) is 0 Å². The summed E-state index contributed by atoms with van der Waals surface area (Å²) in [6.07, 6.45) is 2.86. The van der Waals surface area contributed by atoms with E-state index in [1.54, 1.807) is 13.3 Å². The van der Waals surface area contributed by atoms with Gasteiger partial charge in [0.15, 0.2) is 0 Å². The SMILES string of the molecule is COCC1CCN(Cc2cnc(S(=O)(=O)Cc3ccccc3)n2CC(C)C)C1. The first-order valence-electron chi connectivity index (χ1n) is 9.91. The van der Waals surface area contributed by atoms with Gasteiger partial charge in [-0.05, 0) is 30.4 Å². The molecule has 1 aromatic carbocycles. The van der Waals surface area contributed by atoms with E-state index in [1.165, 1.54) is 0 Å². The second-order valence-corrected chi connectivity index (χ2v) is 10.0. The Morgan fingerprint density at radius 2 is 2.00 bits per heavy atom. The summed E-state index contributed by atoms with van der Waals surface area (Å²) in [5, 5.41) is 0.188. The zero-order chi connectivity index (χ0) is 20.1. The maximum atomic E-state index is 13.1. The van der Waals surface area contributed by atoms with Crippen LogP contribution in [0.3, 0.4) is 0 Å². The van der Waals surface area contributed by atoms with Gasteiger partial charge >= 0.3 is 0 Å². The zero-order valence-corrected chi connectivity index (χ0v) is 17.9. The molecule has 0 saturated carbocycles. The monoisotopic (exact) mass is 405 g/mol. The van der Waals surface area contributed by atoms with Crippen LogP contribution in [0, 0.1) is 11.8 Å². The predicted octanol–water partition coefficient (Wildman–Crippen LogP) is 2.98. The maximum absolute atomic E-state index is 13.1. The van der Waals surface area contributed by atoms with Gasteiger partial charge in [0.2, 0.25) is 15.0 Å². The van der Waals surface area contributed by atoms with Crippen LogP contribution in [0.15, 0.2) is 41.7 Å². The van der Waals surface area contributed by atoms with E-state index in [2.05, 4.69) is 23.7 Å². The molecule has 6 nitrogen and oxygen atoms in total. The Morgan fingerprint density at radius 3 is 2.68 bits per heavy atom. The van der Waals surface area contributed by atoms with Gasteiger partial charge in [0.05, 0.1) is 24.3 Å². The molecular weight excluding hydrogens is 374 g/mol. The predicted molar refractivity (Wildman–Crippen MR) is 110 cm³/mol. The number of ether oxygens (including phenoxy) is 1. The lowest BCUT2D eigenvalue weighted by Crippen LogP contribution is -2.24. The minimum absolute atomic E-state index is 0.0258. The summed E-state index contributed by atoms with van der Waals surface area (Å²) in [6, 6.07) is 9.30. The smallest absolute Gasteiger partial charge is 0.228 e. The first-order valence-corrected chi connectivity index (χ1v) is 11.6. The Kier molecular flexibility index (Phi) is 6.91. The zero-order valence-electron chi connectivity index (χ0n) is 17.0. The Bertz CT molecular complexity index is 862. The van der Waals surface area contributed by atoms with Crippen LogP contribution in [-0.4, -0.2) is 49.7 Å².